The van der Waals surface area contributed by atoms with Gasteiger partial charge in [-0.15, -0.1) is 5.10 Å². The lowest BCUT2D eigenvalue weighted by Gasteiger charge is -2.05. The predicted molar refractivity (Wildman–Crippen MR) is 86.1 cm³/mol. The van der Waals surface area contributed by atoms with Crippen LogP contribution in [0.15, 0.2) is 16.6 Å². The van der Waals surface area contributed by atoms with E-state index in [0.717, 1.165) is 22.4 Å². The molecule has 0 spiro atoms. The largest absolute Gasteiger partial charge is 0.428 e. The zero-order valence-corrected chi connectivity index (χ0v) is 14.5. The number of nitrogens with zero attached hydrogens (tertiary/aromatic N) is 2. The van der Waals surface area contributed by atoms with Gasteiger partial charge in [0, 0.05) is 17.1 Å². The summed E-state index contributed by atoms with van der Waals surface area (Å²) in [6, 6.07) is 3.33. The van der Waals surface area contributed by atoms with E-state index < -0.39 is 0 Å². The fraction of sp³-hybridized carbons (Fsp3) is 0.333. The Balaban J connectivity index is 2.05. The lowest BCUT2D eigenvalue weighted by atomic mass is 10.3. The Kier molecular flexibility index (Phi) is 6.04. The van der Waals surface area contributed by atoms with Gasteiger partial charge < -0.3 is 10.1 Å². The van der Waals surface area contributed by atoms with Gasteiger partial charge in [0.05, 0.1) is 10.0 Å². The van der Waals surface area contributed by atoms with Gasteiger partial charge >= 0.3 is 0 Å². The summed E-state index contributed by atoms with van der Waals surface area (Å²) in [4.78, 5) is 0. The summed E-state index contributed by atoms with van der Waals surface area (Å²) in [5.74, 6) is 0.462. The fourth-order valence-corrected chi connectivity index (χ4v) is 2.90. The van der Waals surface area contributed by atoms with Crippen LogP contribution < -0.4 is 10.1 Å². The molecule has 4 nitrogen and oxygen atoms in total. The number of benzene rings is 1. The molecular formula is C12H12BrCl2N3OS. The molecular weight excluding hydrogens is 385 g/mol. The normalized spacial score (nSPS) is 10.8. The fourth-order valence-electron chi connectivity index (χ4n) is 1.40. The number of halogens is 3. The summed E-state index contributed by atoms with van der Waals surface area (Å²) >= 11 is 16.8. The first-order valence-corrected chi connectivity index (χ1v) is 8.32. The van der Waals surface area contributed by atoms with E-state index in [1.165, 1.54) is 11.3 Å². The Bertz CT molecular complexity index is 594. The maximum atomic E-state index is 6.09. The zero-order chi connectivity index (χ0) is 14.5. The van der Waals surface area contributed by atoms with Crippen molar-refractivity contribution in [2.45, 2.75) is 19.9 Å². The van der Waals surface area contributed by atoms with Crippen molar-refractivity contribution in [2.75, 3.05) is 6.54 Å². The van der Waals surface area contributed by atoms with Gasteiger partial charge in [0.2, 0.25) is 0 Å². The molecule has 0 saturated heterocycles. The number of nitrogens with one attached hydrogen (secondary N) is 1. The van der Waals surface area contributed by atoms with Crippen LogP contribution in [-0.4, -0.2) is 16.7 Å². The molecule has 0 amide bonds. The Morgan fingerprint density at radius 2 is 2.10 bits per heavy atom. The van der Waals surface area contributed by atoms with E-state index in [1.54, 1.807) is 12.1 Å². The first kappa shape index (κ1) is 16.0. The van der Waals surface area contributed by atoms with E-state index in [0.29, 0.717) is 27.5 Å². The molecule has 1 aromatic carbocycles. The molecule has 0 unspecified atom stereocenters. The van der Waals surface area contributed by atoms with Gasteiger partial charge in [-0.3, -0.25) is 0 Å². The molecule has 8 heteroatoms. The average molecular weight is 397 g/mol. The summed E-state index contributed by atoms with van der Waals surface area (Å²) in [6.07, 6.45) is 1.08. The highest BCUT2D eigenvalue weighted by Crippen LogP contribution is 2.37. The number of ether oxygens (including phenoxy) is 1. The highest BCUT2D eigenvalue weighted by molar-refractivity contribution is 9.10. The van der Waals surface area contributed by atoms with Crippen LogP contribution in [-0.2, 0) is 6.54 Å². The molecule has 0 aliphatic carbocycles. The van der Waals surface area contributed by atoms with Gasteiger partial charge in [0.1, 0.15) is 5.01 Å². The molecule has 0 radical (unpaired) electrons. The Labute approximate surface area is 139 Å². The van der Waals surface area contributed by atoms with Crippen LogP contribution in [0.5, 0.6) is 10.9 Å². The summed E-state index contributed by atoms with van der Waals surface area (Å²) in [7, 11) is 0. The van der Waals surface area contributed by atoms with Crippen LogP contribution in [0.2, 0.25) is 10.0 Å². The van der Waals surface area contributed by atoms with Gasteiger partial charge in [-0.25, -0.2) is 0 Å². The molecule has 108 valence electrons. The SMILES string of the molecule is CCCNCc1nnc(Oc2cc(Cl)c(Br)cc2Cl)s1. The molecule has 20 heavy (non-hydrogen) atoms. The van der Waals surface area contributed by atoms with E-state index in [4.69, 9.17) is 27.9 Å². The maximum Gasteiger partial charge on any atom is 0.299 e. The summed E-state index contributed by atoms with van der Waals surface area (Å²) in [5, 5.41) is 13.6. The van der Waals surface area contributed by atoms with Crippen LogP contribution in [0.1, 0.15) is 18.4 Å². The number of aromatic nitrogens is 2. The maximum absolute atomic E-state index is 6.09. The molecule has 0 bridgehead atoms. The molecule has 0 saturated carbocycles. The quantitative estimate of drug-likeness (QED) is 0.557. The van der Waals surface area contributed by atoms with Gasteiger partial charge in [0.25, 0.3) is 5.19 Å². The molecule has 0 aliphatic heterocycles. The Morgan fingerprint density at radius 1 is 1.30 bits per heavy atom. The van der Waals surface area contributed by atoms with Gasteiger partial charge in [-0.1, -0.05) is 46.6 Å². The van der Waals surface area contributed by atoms with E-state index in [2.05, 4.69) is 38.4 Å². The van der Waals surface area contributed by atoms with Crippen LogP contribution in [0, 0.1) is 0 Å². The zero-order valence-electron chi connectivity index (χ0n) is 10.6. The first-order valence-electron chi connectivity index (χ1n) is 5.95. The number of hydrogen-bond acceptors (Lipinski definition) is 5. The highest BCUT2D eigenvalue weighted by Gasteiger charge is 2.11. The van der Waals surface area contributed by atoms with E-state index in [-0.39, 0.29) is 0 Å². The van der Waals surface area contributed by atoms with E-state index >= 15 is 0 Å². The second-order valence-corrected chi connectivity index (χ2v) is 6.63. The van der Waals surface area contributed by atoms with Crippen molar-refractivity contribution in [2.24, 2.45) is 0 Å². The third-order valence-electron chi connectivity index (χ3n) is 2.32. The standard InChI is InChI=1S/C12H12BrCl2N3OS/c1-2-3-16-6-11-17-18-12(20-11)19-10-5-8(14)7(13)4-9(10)15/h4-5,16H,2-3,6H2,1H3. The minimum Gasteiger partial charge on any atom is -0.428 e. The number of hydrogen-bond donors (Lipinski definition) is 1. The molecule has 2 aromatic rings. The molecule has 2 rings (SSSR count). The molecule has 1 N–H and O–H groups in total. The van der Waals surface area contributed by atoms with Gasteiger partial charge in [0.15, 0.2) is 5.75 Å². The minimum absolute atomic E-state index is 0.443. The molecule has 0 fully saturated rings. The summed E-state index contributed by atoms with van der Waals surface area (Å²) in [5.41, 5.74) is 0. The molecule has 1 aromatic heterocycles. The van der Waals surface area contributed by atoms with Crippen LogP contribution in [0.25, 0.3) is 0 Å². The lowest BCUT2D eigenvalue weighted by Crippen LogP contribution is -2.13. The third kappa shape index (κ3) is 4.30. The van der Waals surface area contributed by atoms with E-state index in [9.17, 15) is 0 Å². The van der Waals surface area contributed by atoms with Crippen molar-refractivity contribution in [3.05, 3.63) is 31.7 Å². The highest BCUT2D eigenvalue weighted by atomic mass is 79.9. The van der Waals surface area contributed by atoms with Crippen LogP contribution in [0.3, 0.4) is 0 Å². The van der Waals surface area contributed by atoms with Crippen molar-refractivity contribution in [3.8, 4) is 10.9 Å². The van der Waals surface area contributed by atoms with Gasteiger partial charge in [-0.2, -0.15) is 0 Å². The Hall–Kier alpha value is -0.400. The molecule has 0 atom stereocenters. The summed E-state index contributed by atoms with van der Waals surface area (Å²) in [6.45, 7) is 3.74. The predicted octanol–water partition coefficient (Wildman–Crippen LogP) is 4.90. The topological polar surface area (TPSA) is 47.0 Å². The smallest absolute Gasteiger partial charge is 0.299 e. The lowest BCUT2D eigenvalue weighted by molar-refractivity contribution is 0.473. The number of rotatable bonds is 6. The third-order valence-corrected chi connectivity index (χ3v) is 4.62. The van der Waals surface area contributed by atoms with E-state index in [1.807, 2.05) is 0 Å². The second-order valence-electron chi connectivity index (χ2n) is 3.94. The van der Waals surface area contributed by atoms with Crippen molar-refractivity contribution in [1.82, 2.24) is 15.5 Å². The van der Waals surface area contributed by atoms with Crippen molar-refractivity contribution < 1.29 is 4.74 Å². The van der Waals surface area contributed by atoms with Gasteiger partial charge in [-0.05, 0) is 35.0 Å². The Morgan fingerprint density at radius 3 is 2.85 bits per heavy atom. The molecule has 1 heterocycles. The summed E-state index contributed by atoms with van der Waals surface area (Å²) < 4.78 is 6.33. The average Bonchev–Trinajstić information content (AvgIpc) is 2.84. The van der Waals surface area contributed by atoms with Crippen LogP contribution >= 0.6 is 50.5 Å². The van der Waals surface area contributed by atoms with Crippen molar-refractivity contribution >= 4 is 50.5 Å². The monoisotopic (exact) mass is 395 g/mol. The van der Waals surface area contributed by atoms with Crippen molar-refractivity contribution in [3.63, 3.8) is 0 Å². The second kappa shape index (κ2) is 7.56. The minimum atomic E-state index is 0.443. The van der Waals surface area contributed by atoms with Crippen molar-refractivity contribution in [1.29, 1.82) is 0 Å². The first-order chi connectivity index (χ1) is 9.60. The van der Waals surface area contributed by atoms with Crippen LogP contribution in [0.4, 0.5) is 0 Å². The molecule has 0 aliphatic rings.